The fourth-order valence-electron chi connectivity index (χ4n) is 2.83. The fourth-order valence-corrected chi connectivity index (χ4v) is 2.83. The summed E-state index contributed by atoms with van der Waals surface area (Å²) in [6, 6.07) is 8.85. The average molecular weight is 333 g/mol. The molecule has 1 aromatic rings. The lowest BCUT2D eigenvalue weighted by Crippen LogP contribution is -2.49. The van der Waals surface area contributed by atoms with E-state index in [1.54, 1.807) is 4.90 Å². The van der Waals surface area contributed by atoms with E-state index in [-0.39, 0.29) is 24.4 Å². The van der Waals surface area contributed by atoms with Crippen molar-refractivity contribution in [1.29, 1.82) is 0 Å². The minimum Gasteiger partial charge on any atom is -0.370 e. The molecule has 122 valence electrons. The summed E-state index contributed by atoms with van der Waals surface area (Å²) >= 11 is 0. The second kappa shape index (κ2) is 6.89. The Labute approximate surface area is 134 Å². The number of rotatable bonds is 2. The number of amides is 1. The Morgan fingerprint density at radius 3 is 2.68 bits per heavy atom. The van der Waals surface area contributed by atoms with E-state index in [1.165, 1.54) is 0 Å². The summed E-state index contributed by atoms with van der Waals surface area (Å²) in [5, 5.41) is 2.62. The van der Waals surface area contributed by atoms with Gasteiger partial charge >= 0.3 is 0 Å². The Morgan fingerprint density at radius 2 is 2.05 bits per heavy atom. The minimum atomic E-state index is -2.79. The molecule has 4 nitrogen and oxygen atoms in total. The molecule has 0 bridgehead atoms. The van der Waals surface area contributed by atoms with Crippen molar-refractivity contribution in [3.8, 4) is 0 Å². The van der Waals surface area contributed by atoms with Gasteiger partial charge < -0.3 is 9.64 Å². The van der Waals surface area contributed by atoms with Crippen molar-refractivity contribution >= 4 is 18.3 Å². The van der Waals surface area contributed by atoms with Gasteiger partial charge in [-0.15, -0.1) is 12.4 Å². The summed E-state index contributed by atoms with van der Waals surface area (Å²) in [7, 11) is 0. The summed E-state index contributed by atoms with van der Waals surface area (Å²) < 4.78 is 32.1. The monoisotopic (exact) mass is 332 g/mol. The van der Waals surface area contributed by atoms with Gasteiger partial charge in [0.15, 0.2) is 0 Å². The zero-order chi connectivity index (χ0) is 14.9. The van der Waals surface area contributed by atoms with E-state index in [1.807, 2.05) is 30.3 Å². The minimum absolute atomic E-state index is 0. The SMILES string of the molecule is Cl.O=C(C1CC(F)(F)CN1)N1CCOC(c2ccccc2)C1. The first kappa shape index (κ1) is 17.1. The lowest BCUT2D eigenvalue weighted by molar-refractivity contribution is -0.141. The highest BCUT2D eigenvalue weighted by Crippen LogP contribution is 2.28. The first-order chi connectivity index (χ1) is 10.1. The number of carbonyl (C=O) groups excluding carboxylic acids is 1. The summed E-state index contributed by atoms with van der Waals surface area (Å²) in [6.45, 7) is 0.864. The van der Waals surface area contributed by atoms with E-state index >= 15 is 0 Å². The van der Waals surface area contributed by atoms with Crippen LogP contribution in [-0.2, 0) is 9.53 Å². The zero-order valence-electron chi connectivity index (χ0n) is 12.0. The summed E-state index contributed by atoms with van der Waals surface area (Å²) in [5.74, 6) is -3.04. The average Bonchev–Trinajstić information content (AvgIpc) is 2.88. The van der Waals surface area contributed by atoms with Crippen LogP contribution in [0.2, 0.25) is 0 Å². The van der Waals surface area contributed by atoms with E-state index in [9.17, 15) is 13.6 Å². The maximum absolute atomic E-state index is 13.2. The molecular formula is C15H19ClF2N2O2. The Kier molecular flexibility index (Phi) is 5.36. The quantitative estimate of drug-likeness (QED) is 0.900. The molecule has 2 aliphatic heterocycles. The number of nitrogens with zero attached hydrogens (tertiary/aromatic N) is 1. The number of hydrogen-bond donors (Lipinski definition) is 1. The van der Waals surface area contributed by atoms with Crippen LogP contribution in [0, 0.1) is 0 Å². The van der Waals surface area contributed by atoms with Gasteiger partial charge in [0.25, 0.3) is 5.92 Å². The van der Waals surface area contributed by atoms with E-state index in [2.05, 4.69) is 5.32 Å². The zero-order valence-corrected chi connectivity index (χ0v) is 12.8. The molecule has 7 heteroatoms. The first-order valence-corrected chi connectivity index (χ1v) is 7.12. The van der Waals surface area contributed by atoms with Crippen molar-refractivity contribution in [2.75, 3.05) is 26.2 Å². The van der Waals surface area contributed by atoms with Crippen molar-refractivity contribution < 1.29 is 18.3 Å². The highest BCUT2D eigenvalue weighted by atomic mass is 35.5. The standard InChI is InChI=1S/C15H18F2N2O2.ClH/c16-15(17)8-12(18-10-15)14(20)19-6-7-21-13(9-19)11-4-2-1-3-5-11;/h1-5,12-13,18H,6-10H2;1H. The van der Waals surface area contributed by atoms with Crippen LogP contribution in [0.5, 0.6) is 0 Å². The van der Waals surface area contributed by atoms with Gasteiger partial charge in [-0.1, -0.05) is 30.3 Å². The molecule has 0 radical (unpaired) electrons. The predicted molar refractivity (Wildman–Crippen MR) is 80.3 cm³/mol. The van der Waals surface area contributed by atoms with Gasteiger partial charge in [-0.05, 0) is 5.56 Å². The first-order valence-electron chi connectivity index (χ1n) is 7.12. The summed E-state index contributed by atoms with van der Waals surface area (Å²) in [5.41, 5.74) is 1.000. The maximum atomic E-state index is 13.2. The molecule has 2 fully saturated rings. The van der Waals surface area contributed by atoms with Crippen LogP contribution in [0.1, 0.15) is 18.1 Å². The molecule has 0 aromatic heterocycles. The Balaban J connectivity index is 0.00000176. The number of benzene rings is 1. The molecule has 0 spiro atoms. The second-order valence-electron chi connectivity index (χ2n) is 5.55. The molecule has 3 rings (SSSR count). The van der Waals surface area contributed by atoms with Crippen LogP contribution in [0.4, 0.5) is 8.78 Å². The van der Waals surface area contributed by atoms with Gasteiger partial charge in [0.05, 0.1) is 25.7 Å². The van der Waals surface area contributed by atoms with Crippen LogP contribution in [-0.4, -0.2) is 49.0 Å². The predicted octanol–water partition coefficient (Wildman–Crippen LogP) is 2.01. The molecule has 2 aliphatic rings. The highest BCUT2D eigenvalue weighted by molar-refractivity contribution is 5.85. The third kappa shape index (κ3) is 3.74. The van der Waals surface area contributed by atoms with Gasteiger partial charge in [-0.2, -0.15) is 0 Å². The molecule has 1 aromatic carbocycles. The smallest absolute Gasteiger partial charge is 0.262 e. The molecule has 2 unspecified atom stereocenters. The van der Waals surface area contributed by atoms with Crippen molar-refractivity contribution in [2.45, 2.75) is 24.5 Å². The van der Waals surface area contributed by atoms with Crippen LogP contribution >= 0.6 is 12.4 Å². The van der Waals surface area contributed by atoms with E-state index in [4.69, 9.17) is 4.74 Å². The van der Waals surface area contributed by atoms with Crippen molar-refractivity contribution in [3.63, 3.8) is 0 Å². The number of halogens is 3. The molecule has 0 saturated carbocycles. The van der Waals surface area contributed by atoms with Gasteiger partial charge in [-0.25, -0.2) is 8.78 Å². The highest BCUT2D eigenvalue weighted by Gasteiger charge is 2.44. The largest absolute Gasteiger partial charge is 0.370 e. The maximum Gasteiger partial charge on any atom is 0.262 e. The van der Waals surface area contributed by atoms with E-state index in [0.29, 0.717) is 19.7 Å². The number of carbonyl (C=O) groups is 1. The number of morpholine rings is 1. The number of hydrogen-bond acceptors (Lipinski definition) is 3. The van der Waals surface area contributed by atoms with Gasteiger partial charge in [-0.3, -0.25) is 10.1 Å². The number of nitrogens with one attached hydrogen (secondary N) is 1. The van der Waals surface area contributed by atoms with Crippen LogP contribution in [0.15, 0.2) is 30.3 Å². The summed E-state index contributed by atoms with van der Waals surface area (Å²) in [4.78, 5) is 14.0. The lowest BCUT2D eigenvalue weighted by atomic mass is 10.1. The molecular weight excluding hydrogens is 314 g/mol. The van der Waals surface area contributed by atoms with Crippen LogP contribution in [0.25, 0.3) is 0 Å². The molecule has 2 atom stereocenters. The van der Waals surface area contributed by atoms with E-state index in [0.717, 1.165) is 5.56 Å². The fraction of sp³-hybridized carbons (Fsp3) is 0.533. The molecule has 22 heavy (non-hydrogen) atoms. The van der Waals surface area contributed by atoms with Gasteiger partial charge in [0.1, 0.15) is 6.10 Å². The number of ether oxygens (including phenoxy) is 1. The second-order valence-corrected chi connectivity index (χ2v) is 5.55. The molecule has 1 N–H and O–H groups in total. The topological polar surface area (TPSA) is 41.6 Å². The Morgan fingerprint density at radius 1 is 1.32 bits per heavy atom. The van der Waals surface area contributed by atoms with Gasteiger partial charge in [0.2, 0.25) is 5.91 Å². The van der Waals surface area contributed by atoms with Crippen LogP contribution in [0.3, 0.4) is 0 Å². The third-order valence-electron chi connectivity index (χ3n) is 3.96. The van der Waals surface area contributed by atoms with Crippen molar-refractivity contribution in [2.24, 2.45) is 0 Å². The summed E-state index contributed by atoms with van der Waals surface area (Å²) in [6.07, 6.45) is -0.607. The normalized spacial score (nSPS) is 27.3. The van der Waals surface area contributed by atoms with Crippen molar-refractivity contribution in [1.82, 2.24) is 10.2 Å². The Hall–Kier alpha value is -1.24. The molecule has 2 heterocycles. The van der Waals surface area contributed by atoms with Gasteiger partial charge in [0, 0.05) is 13.0 Å². The van der Waals surface area contributed by atoms with Crippen LogP contribution < -0.4 is 5.32 Å². The molecule has 1 amide bonds. The molecule has 0 aliphatic carbocycles. The number of alkyl halides is 2. The van der Waals surface area contributed by atoms with Crippen molar-refractivity contribution in [3.05, 3.63) is 35.9 Å². The Bertz CT molecular complexity index is 516. The lowest BCUT2D eigenvalue weighted by Gasteiger charge is -2.34. The molecule has 2 saturated heterocycles. The third-order valence-corrected chi connectivity index (χ3v) is 3.96. The van der Waals surface area contributed by atoms with E-state index < -0.39 is 24.9 Å².